The highest BCUT2D eigenvalue weighted by molar-refractivity contribution is 6.01. The minimum Gasteiger partial charge on any atom is -0.507 e. The first-order valence-corrected chi connectivity index (χ1v) is 6.91. The highest BCUT2D eigenvalue weighted by atomic mass is 16.3. The van der Waals surface area contributed by atoms with Crippen LogP contribution in [-0.2, 0) is 0 Å². The number of benzene rings is 2. The summed E-state index contributed by atoms with van der Waals surface area (Å²) in [5.41, 5.74) is 0.346. The van der Waals surface area contributed by atoms with Crippen LogP contribution >= 0.6 is 0 Å². The van der Waals surface area contributed by atoms with Gasteiger partial charge in [0.25, 0.3) is 5.91 Å². The lowest BCUT2D eigenvalue weighted by atomic mass is 10.0. The summed E-state index contributed by atoms with van der Waals surface area (Å²) in [7, 11) is 0. The monoisotopic (exact) mass is 267 g/mol. The number of carbonyl (C=O) groups is 1. The van der Waals surface area contributed by atoms with Crippen molar-refractivity contribution in [1.82, 2.24) is 5.32 Å². The van der Waals surface area contributed by atoms with Gasteiger partial charge in [-0.05, 0) is 42.2 Å². The first-order valence-electron chi connectivity index (χ1n) is 6.91. The van der Waals surface area contributed by atoms with E-state index in [1.165, 1.54) is 0 Å². The molecule has 0 bridgehead atoms. The van der Waals surface area contributed by atoms with Crippen molar-refractivity contribution in [3.05, 3.63) is 54.1 Å². The van der Waals surface area contributed by atoms with Gasteiger partial charge in [-0.3, -0.25) is 4.79 Å². The van der Waals surface area contributed by atoms with Crippen LogP contribution in [0.4, 0.5) is 0 Å². The number of phenolic OH excluding ortho intramolecular Hbond substituents is 1. The van der Waals surface area contributed by atoms with E-state index >= 15 is 0 Å². The summed E-state index contributed by atoms with van der Waals surface area (Å²) >= 11 is 0. The lowest BCUT2D eigenvalue weighted by Crippen LogP contribution is -2.35. The molecule has 2 N–H and O–H groups in total. The van der Waals surface area contributed by atoms with Crippen LogP contribution in [0.5, 0.6) is 5.75 Å². The van der Waals surface area contributed by atoms with Crippen molar-refractivity contribution in [2.75, 3.05) is 0 Å². The molecule has 0 spiro atoms. The van der Waals surface area contributed by atoms with Gasteiger partial charge in [0.2, 0.25) is 0 Å². The van der Waals surface area contributed by atoms with Crippen LogP contribution in [0.1, 0.15) is 29.6 Å². The average Bonchev–Trinajstić information content (AvgIpc) is 2.47. The molecule has 1 atom stereocenters. The molecule has 3 rings (SSSR count). The number of hydrogen-bond donors (Lipinski definition) is 2. The molecule has 0 aliphatic heterocycles. The second kappa shape index (κ2) is 5.37. The Morgan fingerprint density at radius 2 is 1.90 bits per heavy atom. The summed E-state index contributed by atoms with van der Waals surface area (Å²) in [6, 6.07) is 11.3. The van der Waals surface area contributed by atoms with Gasteiger partial charge in [-0.25, -0.2) is 0 Å². The standard InChI is InChI=1S/C17H17NO2/c19-16-11-13-7-5-4-6-12(13)10-15(16)17(20)18-14-8-2-1-3-9-14/h1-2,4-7,10-11,14,19H,3,8-9H2,(H,18,20). The highest BCUT2D eigenvalue weighted by Gasteiger charge is 2.17. The summed E-state index contributed by atoms with van der Waals surface area (Å²) in [6.07, 6.45) is 7.04. The molecule has 1 amide bonds. The second-order valence-electron chi connectivity index (χ2n) is 5.17. The zero-order valence-electron chi connectivity index (χ0n) is 11.2. The van der Waals surface area contributed by atoms with E-state index in [-0.39, 0.29) is 17.7 Å². The lowest BCUT2D eigenvalue weighted by molar-refractivity contribution is 0.0932. The maximum absolute atomic E-state index is 12.3. The zero-order chi connectivity index (χ0) is 13.9. The van der Waals surface area contributed by atoms with Crippen molar-refractivity contribution in [2.24, 2.45) is 0 Å². The fourth-order valence-electron chi connectivity index (χ4n) is 2.60. The van der Waals surface area contributed by atoms with E-state index < -0.39 is 0 Å². The Labute approximate surface area is 117 Å². The number of aromatic hydroxyl groups is 1. The van der Waals surface area contributed by atoms with E-state index in [4.69, 9.17) is 0 Å². The molecule has 2 aromatic carbocycles. The predicted molar refractivity (Wildman–Crippen MR) is 79.9 cm³/mol. The normalized spacial score (nSPS) is 18.1. The number of hydrogen-bond acceptors (Lipinski definition) is 2. The third-order valence-electron chi connectivity index (χ3n) is 3.71. The molecule has 0 aromatic heterocycles. The van der Waals surface area contributed by atoms with Crippen molar-refractivity contribution >= 4 is 16.7 Å². The molecule has 0 saturated carbocycles. The second-order valence-corrected chi connectivity index (χ2v) is 5.17. The van der Waals surface area contributed by atoms with E-state index in [0.717, 1.165) is 30.0 Å². The summed E-state index contributed by atoms with van der Waals surface area (Å²) in [5.74, 6) is -0.166. The number of fused-ring (bicyclic) bond motifs is 1. The van der Waals surface area contributed by atoms with Gasteiger partial charge in [-0.1, -0.05) is 36.4 Å². The van der Waals surface area contributed by atoms with Gasteiger partial charge >= 0.3 is 0 Å². The topological polar surface area (TPSA) is 49.3 Å². The van der Waals surface area contributed by atoms with E-state index in [1.54, 1.807) is 12.1 Å². The number of phenols is 1. The van der Waals surface area contributed by atoms with Crippen LogP contribution in [-0.4, -0.2) is 17.1 Å². The van der Waals surface area contributed by atoms with Gasteiger partial charge < -0.3 is 10.4 Å². The van der Waals surface area contributed by atoms with Gasteiger partial charge in [-0.15, -0.1) is 0 Å². The van der Waals surface area contributed by atoms with E-state index in [9.17, 15) is 9.90 Å². The first-order chi connectivity index (χ1) is 9.74. The van der Waals surface area contributed by atoms with Crippen LogP contribution in [0.15, 0.2) is 48.6 Å². The van der Waals surface area contributed by atoms with E-state index in [0.29, 0.717) is 5.56 Å². The molecule has 2 aromatic rings. The van der Waals surface area contributed by atoms with Gasteiger partial charge in [0, 0.05) is 6.04 Å². The Bertz CT molecular complexity index is 676. The van der Waals surface area contributed by atoms with Gasteiger partial charge in [-0.2, -0.15) is 0 Å². The first kappa shape index (κ1) is 12.7. The zero-order valence-corrected chi connectivity index (χ0v) is 11.2. The molecule has 0 heterocycles. The van der Waals surface area contributed by atoms with Gasteiger partial charge in [0.15, 0.2) is 0 Å². The number of carbonyl (C=O) groups excluding carboxylic acids is 1. The Hall–Kier alpha value is -2.29. The number of rotatable bonds is 2. The van der Waals surface area contributed by atoms with E-state index in [2.05, 4.69) is 17.5 Å². The molecule has 1 aliphatic rings. The summed E-state index contributed by atoms with van der Waals surface area (Å²) < 4.78 is 0. The lowest BCUT2D eigenvalue weighted by Gasteiger charge is -2.19. The molecular weight excluding hydrogens is 250 g/mol. The third-order valence-corrected chi connectivity index (χ3v) is 3.71. The molecular formula is C17H17NO2. The smallest absolute Gasteiger partial charge is 0.255 e. The maximum Gasteiger partial charge on any atom is 0.255 e. The van der Waals surface area contributed by atoms with Gasteiger partial charge in [0.1, 0.15) is 5.75 Å². The third kappa shape index (κ3) is 2.52. The predicted octanol–water partition coefficient (Wildman–Crippen LogP) is 3.38. The molecule has 1 aliphatic carbocycles. The Morgan fingerprint density at radius 3 is 2.60 bits per heavy atom. The largest absolute Gasteiger partial charge is 0.507 e. The molecule has 102 valence electrons. The molecule has 3 nitrogen and oxygen atoms in total. The van der Waals surface area contributed by atoms with Crippen molar-refractivity contribution in [2.45, 2.75) is 25.3 Å². The van der Waals surface area contributed by atoms with Crippen LogP contribution in [0.25, 0.3) is 10.8 Å². The molecule has 3 heteroatoms. The SMILES string of the molecule is O=C(NC1CC=CCC1)c1cc2ccccc2cc1O. The number of allylic oxidation sites excluding steroid dienone is 1. The minimum atomic E-state index is -0.200. The van der Waals surface area contributed by atoms with Gasteiger partial charge in [0.05, 0.1) is 5.56 Å². The summed E-state index contributed by atoms with van der Waals surface area (Å²) in [5, 5.41) is 14.9. The maximum atomic E-state index is 12.3. The molecule has 0 saturated heterocycles. The van der Waals surface area contributed by atoms with Crippen molar-refractivity contribution < 1.29 is 9.90 Å². The summed E-state index contributed by atoms with van der Waals surface area (Å²) in [4.78, 5) is 12.3. The Balaban J connectivity index is 1.87. The molecule has 20 heavy (non-hydrogen) atoms. The van der Waals surface area contributed by atoms with Crippen LogP contribution < -0.4 is 5.32 Å². The summed E-state index contributed by atoms with van der Waals surface area (Å²) in [6.45, 7) is 0. The van der Waals surface area contributed by atoms with E-state index in [1.807, 2.05) is 24.3 Å². The average molecular weight is 267 g/mol. The molecule has 1 unspecified atom stereocenters. The Morgan fingerprint density at radius 1 is 1.15 bits per heavy atom. The van der Waals surface area contributed by atoms with Crippen molar-refractivity contribution in [1.29, 1.82) is 0 Å². The van der Waals surface area contributed by atoms with Crippen LogP contribution in [0.3, 0.4) is 0 Å². The van der Waals surface area contributed by atoms with Crippen LogP contribution in [0, 0.1) is 0 Å². The highest BCUT2D eigenvalue weighted by Crippen LogP contribution is 2.25. The van der Waals surface area contributed by atoms with Crippen LogP contribution in [0.2, 0.25) is 0 Å². The molecule has 0 fully saturated rings. The fourth-order valence-corrected chi connectivity index (χ4v) is 2.60. The van der Waals surface area contributed by atoms with Crippen molar-refractivity contribution in [3.8, 4) is 5.75 Å². The number of nitrogens with one attached hydrogen (secondary N) is 1. The fraction of sp³-hybridized carbons (Fsp3) is 0.235. The van der Waals surface area contributed by atoms with Crippen molar-refractivity contribution in [3.63, 3.8) is 0 Å². The Kier molecular flexibility index (Phi) is 3.42. The quantitative estimate of drug-likeness (QED) is 0.819. The number of amides is 1. The minimum absolute atomic E-state index is 0.0348. The molecule has 0 radical (unpaired) electrons.